The van der Waals surface area contributed by atoms with Crippen molar-refractivity contribution in [3.8, 4) is 22.8 Å². The van der Waals surface area contributed by atoms with Crippen LogP contribution in [0.25, 0.3) is 11.3 Å². The monoisotopic (exact) mass is 442 g/mol. The van der Waals surface area contributed by atoms with Crippen LogP contribution in [0.3, 0.4) is 0 Å². The maximum absolute atomic E-state index is 12.4. The predicted octanol–water partition coefficient (Wildman–Crippen LogP) is 4.07. The molecule has 3 amide bonds. The van der Waals surface area contributed by atoms with Crippen LogP contribution in [0.1, 0.15) is 16.1 Å². The Hall–Kier alpha value is -4.63. The highest BCUT2D eigenvalue weighted by Gasteiger charge is 2.18. The van der Waals surface area contributed by atoms with E-state index in [4.69, 9.17) is 16.2 Å². The lowest BCUT2D eigenvalue weighted by molar-refractivity contribution is 0.1000. The van der Waals surface area contributed by atoms with E-state index in [0.717, 1.165) is 5.75 Å². The van der Waals surface area contributed by atoms with Gasteiger partial charge < -0.3 is 26.8 Å². The molecule has 0 saturated carbocycles. The van der Waals surface area contributed by atoms with Gasteiger partial charge in [-0.15, -0.1) is 0 Å². The molecule has 0 bridgehead atoms. The number of ether oxygens (including phenoxy) is 1. The van der Waals surface area contributed by atoms with Crippen molar-refractivity contribution >= 4 is 23.3 Å². The van der Waals surface area contributed by atoms with Gasteiger partial charge >= 0.3 is 6.03 Å². The van der Waals surface area contributed by atoms with Crippen LogP contribution in [0.4, 0.5) is 16.2 Å². The molecule has 0 saturated heterocycles. The average Bonchev–Trinajstić information content (AvgIpc) is 3.26. The number of hydrogen-bond acceptors (Lipinski definition) is 5. The zero-order valence-electron chi connectivity index (χ0n) is 17.5. The van der Waals surface area contributed by atoms with E-state index in [9.17, 15) is 9.59 Å². The quantitative estimate of drug-likeness (QED) is 0.293. The summed E-state index contributed by atoms with van der Waals surface area (Å²) in [6.07, 6.45) is 0. The summed E-state index contributed by atoms with van der Waals surface area (Å²) in [4.78, 5) is 24.1. The fourth-order valence-corrected chi connectivity index (χ4v) is 3.24. The number of primary amides is 1. The Bertz CT molecular complexity index is 1250. The summed E-state index contributed by atoms with van der Waals surface area (Å²) in [6, 6.07) is 22.9. The first-order valence-corrected chi connectivity index (χ1v) is 10.1. The van der Waals surface area contributed by atoms with Crippen LogP contribution < -0.4 is 26.8 Å². The normalized spacial score (nSPS) is 10.5. The summed E-state index contributed by atoms with van der Waals surface area (Å²) in [6.45, 7) is 0.116. The second kappa shape index (κ2) is 9.67. The third-order valence-electron chi connectivity index (χ3n) is 4.80. The molecular formula is C24H22N6O3. The van der Waals surface area contributed by atoms with Crippen LogP contribution in [-0.2, 0) is 6.54 Å². The Labute approximate surface area is 189 Å². The third kappa shape index (κ3) is 5.17. The number of rotatable bonds is 7. The number of nitrogens with zero attached hydrogens (tertiary/aromatic N) is 1. The topological polar surface area (TPSA) is 148 Å². The van der Waals surface area contributed by atoms with E-state index in [1.807, 2.05) is 30.3 Å². The van der Waals surface area contributed by atoms with Gasteiger partial charge in [0.15, 0.2) is 0 Å². The minimum absolute atomic E-state index is 0.116. The van der Waals surface area contributed by atoms with Gasteiger partial charge in [0.1, 0.15) is 17.2 Å². The standard InChI is InChI=1S/C24H22N6O3/c25-14-20-21(23(26)31)22(30-29-20)15-6-8-16(9-7-15)27-24(32)28-17-10-12-19(13-11-17)33-18-4-2-1-3-5-18/h1-13H,14,25H2,(H2,26,31)(H,29,30)(H2,27,28,32). The molecule has 0 spiro atoms. The van der Waals surface area contributed by atoms with Crippen molar-refractivity contribution < 1.29 is 14.3 Å². The largest absolute Gasteiger partial charge is 0.457 e. The number of benzene rings is 3. The second-order valence-electron chi connectivity index (χ2n) is 7.09. The SMILES string of the molecule is NCc1[nH]nc(-c2ccc(NC(=O)Nc3ccc(Oc4ccccc4)cc3)cc2)c1C(N)=O. The highest BCUT2D eigenvalue weighted by atomic mass is 16.5. The maximum atomic E-state index is 12.4. The van der Waals surface area contributed by atoms with E-state index in [1.54, 1.807) is 48.5 Å². The van der Waals surface area contributed by atoms with Gasteiger partial charge in [0.2, 0.25) is 0 Å². The van der Waals surface area contributed by atoms with Crippen LogP contribution in [-0.4, -0.2) is 22.1 Å². The first-order valence-electron chi connectivity index (χ1n) is 10.1. The summed E-state index contributed by atoms with van der Waals surface area (Å²) in [5.41, 5.74) is 14.1. The summed E-state index contributed by atoms with van der Waals surface area (Å²) in [5, 5.41) is 12.4. The van der Waals surface area contributed by atoms with Gasteiger partial charge in [-0.3, -0.25) is 9.89 Å². The van der Waals surface area contributed by atoms with Crippen molar-refractivity contribution in [1.29, 1.82) is 0 Å². The summed E-state index contributed by atoms with van der Waals surface area (Å²) in [7, 11) is 0. The minimum atomic E-state index is -0.610. The van der Waals surface area contributed by atoms with Gasteiger partial charge in [0.05, 0.1) is 11.3 Å². The lowest BCUT2D eigenvalue weighted by atomic mass is 10.0. The molecule has 0 fully saturated rings. The van der Waals surface area contributed by atoms with Gasteiger partial charge in [-0.25, -0.2) is 4.79 Å². The Morgan fingerprint density at radius 2 is 1.42 bits per heavy atom. The molecule has 0 aliphatic heterocycles. The van der Waals surface area contributed by atoms with Crippen LogP contribution in [0, 0.1) is 0 Å². The molecule has 9 heteroatoms. The number of carbonyl (C=O) groups excluding carboxylic acids is 2. The van der Waals surface area contributed by atoms with Crippen molar-refractivity contribution in [2.24, 2.45) is 11.5 Å². The Balaban J connectivity index is 1.37. The van der Waals surface area contributed by atoms with E-state index in [1.165, 1.54) is 0 Å². The number of anilines is 2. The molecule has 4 aromatic rings. The predicted molar refractivity (Wildman–Crippen MR) is 126 cm³/mol. The van der Waals surface area contributed by atoms with E-state index in [2.05, 4.69) is 20.8 Å². The average molecular weight is 442 g/mol. The number of urea groups is 1. The molecule has 0 aliphatic carbocycles. The van der Waals surface area contributed by atoms with Gasteiger partial charge in [-0.05, 0) is 48.5 Å². The van der Waals surface area contributed by atoms with Crippen molar-refractivity contribution in [3.63, 3.8) is 0 Å². The maximum Gasteiger partial charge on any atom is 0.323 e. The van der Waals surface area contributed by atoms with Gasteiger partial charge in [0.25, 0.3) is 5.91 Å². The van der Waals surface area contributed by atoms with Gasteiger partial charge in [0, 0.05) is 23.5 Å². The number of hydrogen-bond donors (Lipinski definition) is 5. The Kier molecular flexibility index (Phi) is 6.33. The van der Waals surface area contributed by atoms with Gasteiger partial charge in [-0.1, -0.05) is 30.3 Å². The molecule has 0 aliphatic rings. The molecule has 4 rings (SSSR count). The Morgan fingerprint density at radius 3 is 2.00 bits per heavy atom. The molecule has 0 radical (unpaired) electrons. The van der Waals surface area contributed by atoms with E-state index in [0.29, 0.717) is 34.1 Å². The Morgan fingerprint density at radius 1 is 0.848 bits per heavy atom. The summed E-state index contributed by atoms with van der Waals surface area (Å²) in [5.74, 6) is 0.784. The van der Waals surface area contributed by atoms with E-state index >= 15 is 0 Å². The molecule has 0 atom stereocenters. The van der Waals surface area contributed by atoms with Crippen LogP contribution in [0.5, 0.6) is 11.5 Å². The first-order chi connectivity index (χ1) is 16.0. The lowest BCUT2D eigenvalue weighted by Gasteiger charge is -2.10. The zero-order valence-corrected chi connectivity index (χ0v) is 17.5. The first kappa shape index (κ1) is 21.6. The number of para-hydroxylation sites is 1. The van der Waals surface area contributed by atoms with E-state index < -0.39 is 11.9 Å². The molecule has 0 unspecified atom stereocenters. The van der Waals surface area contributed by atoms with Crippen molar-refractivity contribution in [1.82, 2.24) is 10.2 Å². The number of amides is 3. The fraction of sp³-hybridized carbons (Fsp3) is 0.0417. The summed E-state index contributed by atoms with van der Waals surface area (Å²) < 4.78 is 5.74. The molecular weight excluding hydrogens is 420 g/mol. The van der Waals surface area contributed by atoms with Crippen LogP contribution in [0.2, 0.25) is 0 Å². The second-order valence-corrected chi connectivity index (χ2v) is 7.09. The number of H-pyrrole nitrogens is 1. The molecule has 33 heavy (non-hydrogen) atoms. The lowest BCUT2D eigenvalue weighted by Crippen LogP contribution is -2.19. The molecule has 3 aromatic carbocycles. The van der Waals surface area contributed by atoms with Crippen molar-refractivity contribution in [2.45, 2.75) is 6.54 Å². The number of nitrogens with two attached hydrogens (primary N) is 2. The van der Waals surface area contributed by atoms with Crippen LogP contribution in [0.15, 0.2) is 78.9 Å². The third-order valence-corrected chi connectivity index (χ3v) is 4.80. The fourth-order valence-electron chi connectivity index (χ4n) is 3.24. The number of aromatic nitrogens is 2. The minimum Gasteiger partial charge on any atom is -0.457 e. The van der Waals surface area contributed by atoms with Gasteiger partial charge in [-0.2, -0.15) is 5.10 Å². The molecule has 9 nitrogen and oxygen atoms in total. The van der Waals surface area contributed by atoms with E-state index in [-0.39, 0.29) is 12.1 Å². The molecule has 1 heterocycles. The number of aromatic amines is 1. The zero-order chi connectivity index (χ0) is 23.2. The molecule has 166 valence electrons. The molecule has 7 N–H and O–H groups in total. The summed E-state index contributed by atoms with van der Waals surface area (Å²) >= 11 is 0. The highest BCUT2D eigenvalue weighted by Crippen LogP contribution is 2.26. The smallest absolute Gasteiger partial charge is 0.323 e. The van der Waals surface area contributed by atoms with Crippen molar-refractivity contribution in [3.05, 3.63) is 90.1 Å². The number of nitrogens with one attached hydrogen (secondary N) is 3. The molecule has 1 aromatic heterocycles. The van der Waals surface area contributed by atoms with Crippen LogP contribution >= 0.6 is 0 Å². The highest BCUT2D eigenvalue weighted by molar-refractivity contribution is 6.01. The number of carbonyl (C=O) groups is 2. The van der Waals surface area contributed by atoms with Crippen molar-refractivity contribution in [2.75, 3.05) is 10.6 Å².